The minimum atomic E-state index is -3.08. The van der Waals surface area contributed by atoms with Crippen molar-refractivity contribution in [2.75, 3.05) is 18.0 Å². The van der Waals surface area contributed by atoms with Gasteiger partial charge in [-0.15, -0.1) is 0 Å². The van der Waals surface area contributed by atoms with Gasteiger partial charge >= 0.3 is 0 Å². The maximum Gasteiger partial charge on any atom is 0.292 e. The molecule has 0 spiro atoms. The summed E-state index contributed by atoms with van der Waals surface area (Å²) in [4.78, 5) is 5.40. The van der Waals surface area contributed by atoms with Gasteiger partial charge in [-0.25, -0.2) is 13.8 Å². The second kappa shape index (κ2) is 3.95. The Morgan fingerprint density at radius 3 is 2.94 bits per heavy atom. The lowest BCUT2D eigenvalue weighted by atomic mass is 10.2. The zero-order valence-corrected chi connectivity index (χ0v) is 8.61. The number of β-amino-alcohol motifs (C(OH)–C–C–N with tert-alkyl or cyclic N) is 1. The van der Waals surface area contributed by atoms with E-state index in [2.05, 4.69) is 4.98 Å². The van der Waals surface area contributed by atoms with Crippen molar-refractivity contribution < 1.29 is 13.9 Å². The van der Waals surface area contributed by atoms with Crippen molar-refractivity contribution in [3.05, 3.63) is 23.9 Å². The molecule has 1 fully saturated rings. The molecule has 1 aromatic heterocycles. The number of nitrogens with two attached hydrogens (primary N) is 1. The summed E-state index contributed by atoms with van der Waals surface area (Å²) in [6.45, 7) is -0.392. The van der Waals surface area contributed by atoms with E-state index in [1.165, 1.54) is 11.1 Å². The van der Waals surface area contributed by atoms with E-state index in [4.69, 9.17) is 5.73 Å². The average Bonchev–Trinajstić information content (AvgIpc) is 2.53. The van der Waals surface area contributed by atoms with Crippen LogP contribution in [0.5, 0.6) is 0 Å². The topological polar surface area (TPSA) is 62.4 Å². The zero-order chi connectivity index (χ0) is 11.8. The van der Waals surface area contributed by atoms with Crippen LogP contribution in [0.4, 0.5) is 14.6 Å². The van der Waals surface area contributed by atoms with Crippen molar-refractivity contribution in [2.24, 2.45) is 5.73 Å². The summed E-state index contributed by atoms with van der Waals surface area (Å²) in [5, 5.41) is 9.20. The van der Waals surface area contributed by atoms with Crippen LogP contribution in [0.3, 0.4) is 0 Å². The van der Waals surface area contributed by atoms with Gasteiger partial charge in [0.2, 0.25) is 0 Å². The number of aliphatic hydroxyl groups is 1. The van der Waals surface area contributed by atoms with Crippen LogP contribution in [0.25, 0.3) is 0 Å². The van der Waals surface area contributed by atoms with Crippen LogP contribution in [0.15, 0.2) is 18.3 Å². The first kappa shape index (κ1) is 11.2. The third-order valence-corrected chi connectivity index (χ3v) is 2.67. The van der Waals surface area contributed by atoms with Gasteiger partial charge in [-0.2, -0.15) is 0 Å². The van der Waals surface area contributed by atoms with Gasteiger partial charge in [0.05, 0.1) is 13.1 Å². The van der Waals surface area contributed by atoms with Crippen LogP contribution in [-0.2, 0) is 6.54 Å². The molecule has 1 aliphatic rings. The molecule has 1 saturated heterocycles. The molecule has 2 rings (SSSR count). The molecule has 0 aliphatic carbocycles. The fraction of sp³-hybridized carbons (Fsp3) is 0.500. The van der Waals surface area contributed by atoms with E-state index in [9.17, 15) is 13.9 Å². The maximum atomic E-state index is 13.2. The van der Waals surface area contributed by atoms with Crippen LogP contribution in [0.1, 0.15) is 5.56 Å². The zero-order valence-electron chi connectivity index (χ0n) is 8.61. The second-order valence-electron chi connectivity index (χ2n) is 3.85. The third kappa shape index (κ3) is 1.85. The van der Waals surface area contributed by atoms with E-state index in [0.29, 0.717) is 11.4 Å². The molecule has 1 aromatic rings. The first-order chi connectivity index (χ1) is 7.54. The minimum Gasteiger partial charge on any atom is -0.385 e. The smallest absolute Gasteiger partial charge is 0.292 e. The minimum absolute atomic E-state index is 0.114. The van der Waals surface area contributed by atoms with E-state index in [1.807, 2.05) is 0 Å². The van der Waals surface area contributed by atoms with Crippen molar-refractivity contribution >= 4 is 5.82 Å². The third-order valence-electron chi connectivity index (χ3n) is 2.67. The van der Waals surface area contributed by atoms with Crippen LogP contribution < -0.4 is 10.6 Å². The molecule has 4 nitrogen and oxygen atoms in total. The molecule has 0 radical (unpaired) electrons. The fourth-order valence-corrected chi connectivity index (χ4v) is 1.80. The number of halogens is 2. The molecule has 0 amide bonds. The van der Waals surface area contributed by atoms with Gasteiger partial charge in [-0.05, 0) is 6.07 Å². The maximum absolute atomic E-state index is 13.2. The lowest BCUT2D eigenvalue weighted by Gasteiger charge is -2.19. The molecule has 1 aliphatic heterocycles. The first-order valence-corrected chi connectivity index (χ1v) is 4.99. The number of hydrogen-bond acceptors (Lipinski definition) is 4. The summed E-state index contributed by atoms with van der Waals surface area (Å²) in [7, 11) is 0. The SMILES string of the molecule is NCc1cccnc1N1CC(O)C(F)(F)C1. The molecule has 0 saturated carbocycles. The standard InChI is InChI=1S/C10H13F2N3O/c11-10(12)6-15(5-8(10)16)9-7(4-13)2-1-3-14-9/h1-3,8,16H,4-6,13H2. The monoisotopic (exact) mass is 229 g/mol. The largest absolute Gasteiger partial charge is 0.385 e. The van der Waals surface area contributed by atoms with Crippen molar-refractivity contribution in [1.29, 1.82) is 0 Å². The molecular formula is C10H13F2N3O. The number of pyridine rings is 1. The number of aromatic nitrogens is 1. The lowest BCUT2D eigenvalue weighted by Crippen LogP contribution is -2.31. The summed E-state index contributed by atoms with van der Waals surface area (Å²) in [6, 6.07) is 3.45. The number of rotatable bonds is 2. The average molecular weight is 229 g/mol. The van der Waals surface area contributed by atoms with Gasteiger partial charge in [0.25, 0.3) is 5.92 Å². The van der Waals surface area contributed by atoms with Crippen molar-refractivity contribution in [3.63, 3.8) is 0 Å². The van der Waals surface area contributed by atoms with Gasteiger partial charge in [0.1, 0.15) is 11.9 Å². The summed E-state index contributed by atoms with van der Waals surface area (Å²) in [5.74, 6) is -2.65. The summed E-state index contributed by atoms with van der Waals surface area (Å²) < 4.78 is 26.3. The Hall–Kier alpha value is -1.27. The fourth-order valence-electron chi connectivity index (χ4n) is 1.80. The molecule has 2 heterocycles. The van der Waals surface area contributed by atoms with Gasteiger partial charge in [-0.1, -0.05) is 6.07 Å². The highest BCUT2D eigenvalue weighted by Gasteiger charge is 2.47. The molecule has 0 aromatic carbocycles. The molecule has 3 N–H and O–H groups in total. The highest BCUT2D eigenvalue weighted by atomic mass is 19.3. The summed E-state index contributed by atoms with van der Waals surface area (Å²) >= 11 is 0. The Morgan fingerprint density at radius 1 is 1.62 bits per heavy atom. The van der Waals surface area contributed by atoms with Crippen LogP contribution in [-0.4, -0.2) is 35.2 Å². The Labute approximate surface area is 91.7 Å². The molecule has 0 bridgehead atoms. The van der Waals surface area contributed by atoms with E-state index < -0.39 is 18.6 Å². The molecule has 88 valence electrons. The van der Waals surface area contributed by atoms with Crippen LogP contribution in [0.2, 0.25) is 0 Å². The van der Waals surface area contributed by atoms with Crippen LogP contribution in [0, 0.1) is 0 Å². The second-order valence-corrected chi connectivity index (χ2v) is 3.85. The Bertz CT molecular complexity index is 386. The Kier molecular flexibility index (Phi) is 2.77. The predicted octanol–water partition coefficient (Wildman–Crippen LogP) is 0.356. The van der Waals surface area contributed by atoms with Gasteiger partial charge < -0.3 is 15.7 Å². The molecule has 16 heavy (non-hydrogen) atoms. The van der Waals surface area contributed by atoms with E-state index in [1.54, 1.807) is 12.1 Å². The molecule has 1 unspecified atom stereocenters. The van der Waals surface area contributed by atoms with Gasteiger partial charge in [0, 0.05) is 18.3 Å². The summed E-state index contributed by atoms with van der Waals surface area (Å²) in [6.07, 6.45) is -0.114. The molecule has 6 heteroatoms. The van der Waals surface area contributed by atoms with E-state index in [-0.39, 0.29) is 13.1 Å². The van der Waals surface area contributed by atoms with Crippen LogP contribution >= 0.6 is 0 Å². The number of aliphatic hydroxyl groups excluding tert-OH is 1. The molecule has 1 atom stereocenters. The van der Waals surface area contributed by atoms with Crippen molar-refractivity contribution in [1.82, 2.24) is 4.98 Å². The van der Waals surface area contributed by atoms with Crippen molar-refractivity contribution in [2.45, 2.75) is 18.6 Å². The predicted molar refractivity (Wildman–Crippen MR) is 55.3 cm³/mol. The van der Waals surface area contributed by atoms with E-state index in [0.717, 1.165) is 0 Å². The number of alkyl halides is 2. The number of hydrogen-bond donors (Lipinski definition) is 2. The first-order valence-electron chi connectivity index (χ1n) is 4.99. The van der Waals surface area contributed by atoms with E-state index >= 15 is 0 Å². The number of nitrogens with zero attached hydrogens (tertiary/aromatic N) is 2. The Balaban J connectivity index is 2.26. The highest BCUT2D eigenvalue weighted by molar-refractivity contribution is 5.48. The molecular weight excluding hydrogens is 216 g/mol. The normalized spacial score (nSPS) is 23.8. The highest BCUT2D eigenvalue weighted by Crippen LogP contribution is 2.31. The lowest BCUT2D eigenvalue weighted by molar-refractivity contribution is -0.0712. The van der Waals surface area contributed by atoms with Crippen molar-refractivity contribution in [3.8, 4) is 0 Å². The number of anilines is 1. The Morgan fingerprint density at radius 2 is 2.38 bits per heavy atom. The van der Waals surface area contributed by atoms with Gasteiger partial charge in [-0.3, -0.25) is 0 Å². The van der Waals surface area contributed by atoms with Gasteiger partial charge in [0.15, 0.2) is 0 Å². The quantitative estimate of drug-likeness (QED) is 0.768. The summed E-state index contributed by atoms with van der Waals surface area (Å²) in [5.41, 5.74) is 6.21.